The van der Waals surface area contributed by atoms with Gasteiger partial charge in [0.1, 0.15) is 0 Å². The highest BCUT2D eigenvalue weighted by atomic mass is 16.2. The van der Waals surface area contributed by atoms with Crippen molar-refractivity contribution in [1.82, 2.24) is 15.6 Å². The van der Waals surface area contributed by atoms with E-state index in [-0.39, 0.29) is 17.9 Å². The van der Waals surface area contributed by atoms with E-state index in [0.717, 1.165) is 12.8 Å². The molecule has 0 fully saturated rings. The Balaban J connectivity index is 2.71. The van der Waals surface area contributed by atoms with E-state index in [4.69, 9.17) is 0 Å². The van der Waals surface area contributed by atoms with Crippen molar-refractivity contribution in [3.8, 4) is 0 Å². The van der Waals surface area contributed by atoms with E-state index < -0.39 is 0 Å². The van der Waals surface area contributed by atoms with Crippen LogP contribution in [0.3, 0.4) is 0 Å². The number of hydrogen-bond acceptors (Lipinski definition) is 3. The first-order valence-corrected chi connectivity index (χ1v) is 6.58. The van der Waals surface area contributed by atoms with Crippen LogP contribution in [0.25, 0.3) is 0 Å². The Morgan fingerprint density at radius 3 is 2.42 bits per heavy atom. The van der Waals surface area contributed by atoms with Crippen LogP contribution >= 0.6 is 0 Å². The summed E-state index contributed by atoms with van der Waals surface area (Å²) in [6.45, 7) is 6.46. The Hall–Kier alpha value is -1.91. The number of rotatable bonds is 6. The molecular weight excluding hydrogens is 242 g/mol. The molecule has 104 valence electrons. The highest BCUT2D eigenvalue weighted by molar-refractivity contribution is 5.99. The van der Waals surface area contributed by atoms with Crippen molar-refractivity contribution in [2.45, 2.75) is 39.7 Å². The number of hydrogen-bond donors (Lipinski definition) is 2. The summed E-state index contributed by atoms with van der Waals surface area (Å²) in [6.07, 6.45) is 4.88. The summed E-state index contributed by atoms with van der Waals surface area (Å²) in [5.74, 6) is -0.411. The molecule has 0 saturated heterocycles. The van der Waals surface area contributed by atoms with Crippen molar-refractivity contribution >= 4 is 11.8 Å². The van der Waals surface area contributed by atoms with Gasteiger partial charge >= 0.3 is 0 Å². The number of nitrogens with zero attached hydrogens (tertiary/aromatic N) is 1. The Labute approximate surface area is 113 Å². The van der Waals surface area contributed by atoms with Gasteiger partial charge in [0.2, 0.25) is 0 Å². The average molecular weight is 263 g/mol. The highest BCUT2D eigenvalue weighted by Gasteiger charge is 2.11. The quantitative estimate of drug-likeness (QED) is 0.768. The summed E-state index contributed by atoms with van der Waals surface area (Å²) < 4.78 is 0. The second kappa shape index (κ2) is 7.51. The maximum Gasteiger partial charge on any atom is 0.253 e. The summed E-state index contributed by atoms with van der Waals surface area (Å²) in [7, 11) is 0. The summed E-state index contributed by atoms with van der Waals surface area (Å²) in [5, 5.41) is 5.56. The molecule has 0 aliphatic rings. The van der Waals surface area contributed by atoms with Gasteiger partial charge in [-0.1, -0.05) is 13.3 Å². The van der Waals surface area contributed by atoms with Crippen LogP contribution in [-0.2, 0) is 0 Å². The topological polar surface area (TPSA) is 71.1 Å². The van der Waals surface area contributed by atoms with Gasteiger partial charge in [-0.15, -0.1) is 0 Å². The van der Waals surface area contributed by atoms with Gasteiger partial charge < -0.3 is 10.6 Å². The van der Waals surface area contributed by atoms with Gasteiger partial charge in [-0.3, -0.25) is 14.6 Å². The lowest BCUT2D eigenvalue weighted by Crippen LogP contribution is -2.30. The maximum absolute atomic E-state index is 11.8. The van der Waals surface area contributed by atoms with Crippen molar-refractivity contribution in [1.29, 1.82) is 0 Å². The van der Waals surface area contributed by atoms with Crippen LogP contribution in [-0.4, -0.2) is 29.4 Å². The fourth-order valence-electron chi connectivity index (χ4n) is 1.51. The number of amides is 2. The molecule has 19 heavy (non-hydrogen) atoms. The fraction of sp³-hybridized carbons (Fsp3) is 0.500. The zero-order valence-electron chi connectivity index (χ0n) is 11.7. The van der Waals surface area contributed by atoms with Crippen molar-refractivity contribution in [2.75, 3.05) is 6.54 Å². The standard InChI is InChI=1S/C14H21N3O2/c1-4-5-6-16-13(18)11-7-12(9-15-8-11)14(19)17-10(2)3/h7-10H,4-6H2,1-3H3,(H,16,18)(H,17,19). The van der Waals surface area contributed by atoms with Crippen LogP contribution in [0.5, 0.6) is 0 Å². The van der Waals surface area contributed by atoms with Gasteiger partial charge in [-0.2, -0.15) is 0 Å². The molecule has 0 aliphatic heterocycles. The number of carbonyl (C=O) groups is 2. The first-order chi connectivity index (χ1) is 9.04. The molecule has 5 nitrogen and oxygen atoms in total. The van der Waals surface area contributed by atoms with Crippen LogP contribution in [0, 0.1) is 0 Å². The summed E-state index contributed by atoms with van der Waals surface area (Å²) in [4.78, 5) is 27.6. The second-order valence-electron chi connectivity index (χ2n) is 4.70. The average Bonchev–Trinajstić information content (AvgIpc) is 2.38. The molecule has 1 aromatic heterocycles. The van der Waals surface area contributed by atoms with Gasteiger partial charge in [0.05, 0.1) is 11.1 Å². The molecule has 0 bridgehead atoms. The van der Waals surface area contributed by atoms with E-state index in [1.165, 1.54) is 12.4 Å². The smallest absolute Gasteiger partial charge is 0.253 e. The Bertz CT molecular complexity index is 444. The van der Waals surface area contributed by atoms with Gasteiger partial charge in [-0.05, 0) is 26.3 Å². The molecule has 5 heteroatoms. The lowest BCUT2D eigenvalue weighted by atomic mass is 10.1. The van der Waals surface area contributed by atoms with Crippen molar-refractivity contribution < 1.29 is 9.59 Å². The molecule has 0 atom stereocenters. The summed E-state index contributed by atoms with van der Waals surface area (Å²) >= 11 is 0. The molecule has 2 amide bonds. The van der Waals surface area contributed by atoms with E-state index in [1.54, 1.807) is 6.07 Å². The molecule has 1 aromatic rings. The molecule has 0 aromatic carbocycles. The minimum absolute atomic E-state index is 0.0505. The van der Waals surface area contributed by atoms with Gasteiger partial charge in [0.25, 0.3) is 11.8 Å². The molecule has 0 unspecified atom stereocenters. The lowest BCUT2D eigenvalue weighted by molar-refractivity contribution is 0.0942. The predicted molar refractivity (Wildman–Crippen MR) is 74.1 cm³/mol. The Kier molecular flexibility index (Phi) is 5.99. The molecule has 2 N–H and O–H groups in total. The first kappa shape index (κ1) is 15.1. The van der Waals surface area contributed by atoms with Crippen LogP contribution in [0.2, 0.25) is 0 Å². The third-order valence-electron chi connectivity index (χ3n) is 2.50. The Morgan fingerprint density at radius 2 is 1.84 bits per heavy atom. The van der Waals surface area contributed by atoms with E-state index >= 15 is 0 Å². The zero-order chi connectivity index (χ0) is 14.3. The second-order valence-corrected chi connectivity index (χ2v) is 4.70. The van der Waals surface area contributed by atoms with E-state index in [9.17, 15) is 9.59 Å². The molecule has 0 aliphatic carbocycles. The van der Waals surface area contributed by atoms with Crippen molar-refractivity contribution in [3.63, 3.8) is 0 Å². The van der Waals surface area contributed by atoms with Crippen molar-refractivity contribution in [2.24, 2.45) is 0 Å². The number of unbranched alkanes of at least 4 members (excludes halogenated alkanes) is 1. The predicted octanol–water partition coefficient (Wildman–Crippen LogP) is 1.75. The SMILES string of the molecule is CCCCNC(=O)c1cncc(C(=O)NC(C)C)c1. The largest absolute Gasteiger partial charge is 0.352 e. The molecule has 0 saturated carbocycles. The number of carbonyl (C=O) groups excluding carboxylic acids is 2. The molecule has 1 heterocycles. The molecule has 0 radical (unpaired) electrons. The summed E-state index contributed by atoms with van der Waals surface area (Å²) in [6, 6.07) is 1.61. The van der Waals surface area contributed by atoms with Gasteiger partial charge in [0.15, 0.2) is 0 Å². The summed E-state index contributed by atoms with van der Waals surface area (Å²) in [5.41, 5.74) is 0.810. The lowest BCUT2D eigenvalue weighted by Gasteiger charge is -2.09. The zero-order valence-corrected chi connectivity index (χ0v) is 11.7. The van der Waals surface area contributed by atoms with Crippen molar-refractivity contribution in [3.05, 3.63) is 29.6 Å². The monoisotopic (exact) mass is 263 g/mol. The fourth-order valence-corrected chi connectivity index (χ4v) is 1.51. The highest BCUT2D eigenvalue weighted by Crippen LogP contribution is 2.03. The molecular formula is C14H21N3O2. The Morgan fingerprint density at radius 1 is 1.21 bits per heavy atom. The normalized spacial score (nSPS) is 10.3. The molecule has 1 rings (SSSR count). The van der Waals surface area contributed by atoms with Crippen LogP contribution in [0.15, 0.2) is 18.5 Å². The maximum atomic E-state index is 11.8. The minimum atomic E-state index is -0.217. The number of pyridine rings is 1. The number of aromatic nitrogens is 1. The number of nitrogens with one attached hydrogen (secondary N) is 2. The van der Waals surface area contributed by atoms with Crippen LogP contribution in [0.4, 0.5) is 0 Å². The molecule has 0 spiro atoms. The van der Waals surface area contributed by atoms with E-state index in [0.29, 0.717) is 17.7 Å². The third-order valence-corrected chi connectivity index (χ3v) is 2.50. The van der Waals surface area contributed by atoms with E-state index in [2.05, 4.69) is 22.5 Å². The van der Waals surface area contributed by atoms with Gasteiger partial charge in [0, 0.05) is 25.0 Å². The third kappa shape index (κ3) is 5.07. The first-order valence-electron chi connectivity index (χ1n) is 6.58. The van der Waals surface area contributed by atoms with E-state index in [1.807, 2.05) is 13.8 Å². The minimum Gasteiger partial charge on any atom is -0.352 e. The van der Waals surface area contributed by atoms with Crippen LogP contribution in [0.1, 0.15) is 54.3 Å². The van der Waals surface area contributed by atoms with Crippen LogP contribution < -0.4 is 10.6 Å². The van der Waals surface area contributed by atoms with Gasteiger partial charge in [-0.25, -0.2) is 0 Å².